The van der Waals surface area contributed by atoms with Crippen LogP contribution in [-0.4, -0.2) is 121 Å². The fourth-order valence-corrected chi connectivity index (χ4v) is 3.95. The second kappa shape index (κ2) is 14.1. The van der Waals surface area contributed by atoms with Crippen LogP contribution in [0.5, 0.6) is 0 Å². The van der Waals surface area contributed by atoms with Crippen molar-refractivity contribution in [2.24, 2.45) is 0 Å². The van der Waals surface area contributed by atoms with Gasteiger partial charge in [-0.25, -0.2) is 0 Å². The zero-order valence-corrected chi connectivity index (χ0v) is 21.9. The molecule has 40 heavy (non-hydrogen) atoms. The molecule has 0 amide bonds. The number of hydrogen-bond acceptors (Lipinski definition) is 14. The van der Waals surface area contributed by atoms with E-state index in [0.29, 0.717) is 18.8 Å². The summed E-state index contributed by atoms with van der Waals surface area (Å²) in [6.07, 6.45) is -0.446. The van der Waals surface area contributed by atoms with Crippen LogP contribution < -0.4 is 5.32 Å². The molecule has 0 bridgehead atoms. The molecule has 1 aliphatic rings. The Bertz CT molecular complexity index is 1120. The average Bonchev–Trinajstić information content (AvgIpc) is 2.92. The molecule has 14 nitrogen and oxygen atoms in total. The molecule has 1 saturated heterocycles. The number of rotatable bonds is 15. The quantitative estimate of drug-likeness (QED) is 0.0400. The molecule has 0 radical (unpaired) electrons. The third-order valence-electron chi connectivity index (χ3n) is 6.37. The molecule has 220 valence electrons. The predicted octanol–water partition coefficient (Wildman–Crippen LogP) is -1.48. The normalized spacial score (nSPS) is 16.7. The number of morpholine rings is 1. The van der Waals surface area contributed by atoms with Gasteiger partial charge >= 0.3 is 0 Å². The van der Waals surface area contributed by atoms with Gasteiger partial charge in [0, 0.05) is 38.3 Å². The predicted molar refractivity (Wildman–Crippen MR) is 139 cm³/mol. The summed E-state index contributed by atoms with van der Waals surface area (Å²) >= 11 is 0. The second-order valence-electron chi connectivity index (χ2n) is 9.27. The van der Waals surface area contributed by atoms with E-state index in [1.165, 1.54) is 0 Å². The lowest BCUT2D eigenvalue weighted by Crippen LogP contribution is -2.67. The fourth-order valence-electron chi connectivity index (χ4n) is 3.95. The monoisotopic (exact) mass is 565 g/mol. The highest BCUT2D eigenvalue weighted by Gasteiger charge is 2.55. The van der Waals surface area contributed by atoms with Crippen molar-refractivity contribution in [1.82, 2.24) is 15.1 Å². The van der Waals surface area contributed by atoms with Crippen LogP contribution in [-0.2, 0) is 32.2 Å². The Balaban J connectivity index is 2.30. The average molecular weight is 566 g/mol. The van der Waals surface area contributed by atoms with Gasteiger partial charge in [0.1, 0.15) is 12.3 Å². The molecule has 0 saturated carbocycles. The molecule has 1 atom stereocenters. The molecule has 1 aromatic rings. The molecule has 0 aromatic heterocycles. The zero-order chi connectivity index (χ0) is 30.1. The largest absolute Gasteiger partial charge is 0.515 e. The highest BCUT2D eigenvalue weighted by Crippen LogP contribution is 2.25. The fraction of sp³-hybridized carbons (Fsp3) is 0.423. The number of carbonyl (C=O) groups excluding carboxylic acids is 3. The van der Waals surface area contributed by atoms with E-state index in [2.05, 4.69) is 16.8 Å². The molecule has 1 aliphatic heterocycles. The lowest BCUT2D eigenvalue weighted by atomic mass is 9.96. The van der Waals surface area contributed by atoms with Crippen molar-refractivity contribution >= 4 is 18.4 Å². The van der Waals surface area contributed by atoms with Crippen LogP contribution in [0.15, 0.2) is 59.9 Å². The van der Waals surface area contributed by atoms with Gasteiger partial charge in [0.25, 0.3) is 5.79 Å². The first-order chi connectivity index (χ1) is 18.8. The number of likely N-dealkylation sites (N-methyl/N-ethyl adjacent to an activating group) is 1. The van der Waals surface area contributed by atoms with Crippen LogP contribution in [0, 0.1) is 0 Å². The summed E-state index contributed by atoms with van der Waals surface area (Å²) in [5.74, 6) is -10.4. The van der Waals surface area contributed by atoms with Crippen molar-refractivity contribution in [3.63, 3.8) is 0 Å². The maximum Gasteiger partial charge on any atom is 0.278 e. The van der Waals surface area contributed by atoms with Gasteiger partial charge in [-0.1, -0.05) is 30.8 Å². The highest BCUT2D eigenvalue weighted by atomic mass is 16.6. The molecular formula is C26H35N3O11. The van der Waals surface area contributed by atoms with E-state index in [-0.39, 0.29) is 19.1 Å². The zero-order valence-electron chi connectivity index (χ0n) is 21.9. The Kier molecular flexibility index (Phi) is 11.5. The van der Waals surface area contributed by atoms with Crippen LogP contribution in [0.4, 0.5) is 0 Å². The Labute approximate surface area is 230 Å². The number of aldehydes is 2. The minimum absolute atomic E-state index is 0.0203. The molecule has 2 rings (SSSR count). The molecule has 1 unspecified atom stereocenters. The van der Waals surface area contributed by atoms with Crippen LogP contribution in [0.1, 0.15) is 11.1 Å². The molecule has 1 fully saturated rings. The maximum atomic E-state index is 12.4. The number of nitrogens with zero attached hydrogens (tertiary/aromatic N) is 2. The van der Waals surface area contributed by atoms with Gasteiger partial charge in [-0.05, 0) is 18.2 Å². The Hall–Kier alpha value is -3.63. The summed E-state index contributed by atoms with van der Waals surface area (Å²) in [6, 6.07) is 5.23. The first kappa shape index (κ1) is 32.6. The van der Waals surface area contributed by atoms with Crippen molar-refractivity contribution in [3.8, 4) is 0 Å². The molecule has 1 aromatic carbocycles. The smallest absolute Gasteiger partial charge is 0.278 e. The van der Waals surface area contributed by atoms with Crippen LogP contribution in [0.2, 0.25) is 0 Å². The van der Waals surface area contributed by atoms with Crippen LogP contribution in [0.25, 0.3) is 0 Å². The van der Waals surface area contributed by atoms with Gasteiger partial charge in [-0.2, -0.15) is 0 Å². The SMILES string of the molecule is C=C(O)C(=O)C(=CO)/C(CN(C)C(C=O)C(O)(O)C(O)(O)C=O)=C(\O)NCc1ccc(CN2CCOCC2)cc1. The second-order valence-corrected chi connectivity index (χ2v) is 9.27. The minimum Gasteiger partial charge on any atom is -0.515 e. The summed E-state index contributed by atoms with van der Waals surface area (Å²) in [6.45, 7) is 6.11. The van der Waals surface area contributed by atoms with E-state index >= 15 is 0 Å². The lowest BCUT2D eigenvalue weighted by molar-refractivity contribution is -0.344. The molecule has 0 aliphatic carbocycles. The number of nitrogens with one attached hydrogen (secondary N) is 1. The van der Waals surface area contributed by atoms with Crippen LogP contribution in [0.3, 0.4) is 0 Å². The van der Waals surface area contributed by atoms with Crippen molar-refractivity contribution in [1.29, 1.82) is 0 Å². The highest BCUT2D eigenvalue weighted by molar-refractivity contribution is 6.09. The maximum absolute atomic E-state index is 12.4. The first-order valence-electron chi connectivity index (χ1n) is 12.1. The Morgan fingerprint density at radius 1 is 1.12 bits per heavy atom. The number of ketones is 1. The molecule has 1 heterocycles. The number of benzene rings is 1. The summed E-state index contributed by atoms with van der Waals surface area (Å²) in [5, 5.41) is 72.4. The van der Waals surface area contributed by atoms with Gasteiger partial charge in [0.05, 0.1) is 25.0 Å². The van der Waals surface area contributed by atoms with Gasteiger partial charge in [0.15, 0.2) is 17.9 Å². The summed E-state index contributed by atoms with van der Waals surface area (Å²) in [4.78, 5) is 38.1. The van der Waals surface area contributed by atoms with Crippen LogP contribution >= 0.6 is 0 Å². The summed E-state index contributed by atoms with van der Waals surface area (Å²) in [5.41, 5.74) is 0.653. The van der Waals surface area contributed by atoms with Crippen molar-refractivity contribution in [3.05, 3.63) is 71.0 Å². The van der Waals surface area contributed by atoms with Crippen molar-refractivity contribution in [2.75, 3.05) is 39.9 Å². The lowest BCUT2D eigenvalue weighted by Gasteiger charge is -2.39. The van der Waals surface area contributed by atoms with Gasteiger partial charge in [0.2, 0.25) is 11.6 Å². The van der Waals surface area contributed by atoms with Gasteiger partial charge < -0.3 is 50.6 Å². The molecule has 8 N–H and O–H groups in total. The summed E-state index contributed by atoms with van der Waals surface area (Å²) < 4.78 is 5.34. The van der Waals surface area contributed by atoms with Crippen molar-refractivity contribution < 1.29 is 54.9 Å². The van der Waals surface area contributed by atoms with E-state index < -0.39 is 59.0 Å². The number of allylic oxidation sites excluding steroid dienone is 1. The van der Waals surface area contributed by atoms with Gasteiger partial charge in [-0.15, -0.1) is 0 Å². The number of aliphatic hydroxyl groups is 7. The molecule has 14 heteroatoms. The topological polar surface area (TPSA) is 221 Å². The number of carbonyl (C=O) groups is 3. The Morgan fingerprint density at radius 3 is 2.20 bits per heavy atom. The third-order valence-corrected chi connectivity index (χ3v) is 6.37. The number of hydrogen-bond donors (Lipinski definition) is 8. The molecule has 0 spiro atoms. The Morgan fingerprint density at radius 2 is 1.70 bits per heavy atom. The summed E-state index contributed by atoms with van der Waals surface area (Å²) in [7, 11) is 1.06. The standard InChI is InChI=1S/C26H35N3O11/c1-17(33)23(34)21(14-30)20(13-28(2)22(15-31)26(38,39)25(36,37)16-32)24(35)27-11-18-3-5-19(6-4-18)12-29-7-9-40-10-8-29/h3-6,14-16,22,27,30,33,35-39H,1,7-13H2,2H3/b21-14?,24-20-. The van der Waals surface area contributed by atoms with E-state index in [0.717, 1.165) is 37.1 Å². The number of Topliss-reactive ketones (excluding diaryl/α,β-unsaturated/α-hetero) is 1. The third kappa shape index (κ3) is 7.95. The van der Waals surface area contributed by atoms with E-state index in [1.54, 1.807) is 12.1 Å². The molecular weight excluding hydrogens is 530 g/mol. The van der Waals surface area contributed by atoms with E-state index in [9.17, 15) is 50.1 Å². The number of aliphatic hydroxyl groups excluding tert-OH is 3. The van der Waals surface area contributed by atoms with E-state index in [4.69, 9.17) is 4.74 Å². The first-order valence-corrected chi connectivity index (χ1v) is 12.1. The van der Waals surface area contributed by atoms with E-state index in [1.807, 2.05) is 12.1 Å². The van der Waals surface area contributed by atoms with Gasteiger partial charge in [-0.3, -0.25) is 19.4 Å². The van der Waals surface area contributed by atoms with Crippen molar-refractivity contribution in [2.45, 2.75) is 30.7 Å². The minimum atomic E-state index is -3.77. The number of ether oxygens (including phenoxy) is 1.